The predicted octanol–water partition coefficient (Wildman–Crippen LogP) is 5.77. The van der Waals surface area contributed by atoms with Gasteiger partial charge in [-0.15, -0.1) is 11.3 Å². The van der Waals surface area contributed by atoms with E-state index in [4.69, 9.17) is 11.6 Å². The minimum absolute atomic E-state index is 0.247. The smallest absolute Gasteiger partial charge is 0.259 e. The fourth-order valence-electron chi connectivity index (χ4n) is 3.07. The molecular formula is C22H15ClFN3OS. The molecule has 7 heteroatoms. The summed E-state index contributed by atoms with van der Waals surface area (Å²) in [6.45, 7) is 0. The van der Waals surface area contributed by atoms with Gasteiger partial charge in [-0.3, -0.25) is 14.7 Å². The number of hydrogen-bond acceptors (Lipinski definition) is 4. The zero-order chi connectivity index (χ0) is 20.2. The Hall–Kier alpha value is -3.09. The molecule has 144 valence electrons. The highest BCUT2D eigenvalue weighted by Gasteiger charge is 2.30. The van der Waals surface area contributed by atoms with Gasteiger partial charge < -0.3 is 0 Å². The van der Waals surface area contributed by atoms with Crippen LogP contribution in [-0.2, 0) is 0 Å². The minimum atomic E-state index is -0.502. The van der Waals surface area contributed by atoms with Gasteiger partial charge in [0.2, 0.25) is 0 Å². The van der Waals surface area contributed by atoms with Crippen molar-refractivity contribution in [3.05, 3.63) is 112 Å². The van der Waals surface area contributed by atoms with E-state index >= 15 is 0 Å². The lowest BCUT2D eigenvalue weighted by atomic mass is 10.0. The quantitative estimate of drug-likeness (QED) is 0.409. The van der Waals surface area contributed by atoms with Gasteiger partial charge in [-0.25, -0.2) is 9.37 Å². The molecule has 4 nitrogen and oxygen atoms in total. The van der Waals surface area contributed by atoms with Gasteiger partial charge in [-0.1, -0.05) is 11.6 Å². The van der Waals surface area contributed by atoms with Crippen LogP contribution in [0.1, 0.15) is 27.7 Å². The summed E-state index contributed by atoms with van der Waals surface area (Å²) in [5.74, 6) is -0.621. The second kappa shape index (κ2) is 8.51. The van der Waals surface area contributed by atoms with E-state index in [0.717, 1.165) is 5.56 Å². The van der Waals surface area contributed by atoms with Crippen LogP contribution >= 0.6 is 22.9 Å². The van der Waals surface area contributed by atoms with Gasteiger partial charge in [0.05, 0.1) is 11.2 Å². The molecule has 2 aromatic carbocycles. The Balaban J connectivity index is 1.88. The first-order chi connectivity index (χ1) is 14.1. The van der Waals surface area contributed by atoms with Crippen molar-refractivity contribution in [2.45, 2.75) is 6.04 Å². The van der Waals surface area contributed by atoms with Gasteiger partial charge >= 0.3 is 0 Å². The van der Waals surface area contributed by atoms with Crippen LogP contribution in [0, 0.1) is 5.82 Å². The number of aromatic nitrogens is 2. The first kappa shape index (κ1) is 19.2. The number of rotatable bonds is 5. The highest BCUT2D eigenvalue weighted by atomic mass is 35.5. The van der Waals surface area contributed by atoms with Gasteiger partial charge in [-0.05, 0) is 66.2 Å². The molecule has 0 bridgehead atoms. The molecule has 0 aliphatic carbocycles. The van der Waals surface area contributed by atoms with E-state index in [0.29, 0.717) is 22.0 Å². The van der Waals surface area contributed by atoms with Gasteiger partial charge in [0, 0.05) is 34.0 Å². The van der Waals surface area contributed by atoms with E-state index in [1.165, 1.54) is 23.5 Å². The number of thiazole rings is 1. The first-order valence-corrected chi connectivity index (χ1v) is 10.1. The molecule has 0 aliphatic heterocycles. The molecule has 1 unspecified atom stereocenters. The monoisotopic (exact) mass is 423 g/mol. The van der Waals surface area contributed by atoms with Gasteiger partial charge in [0.1, 0.15) is 11.9 Å². The summed E-state index contributed by atoms with van der Waals surface area (Å²) in [4.78, 5) is 23.8. The Bertz CT molecular complexity index is 1090. The number of pyridine rings is 1. The lowest BCUT2D eigenvalue weighted by Gasteiger charge is -2.31. The average Bonchev–Trinajstić information content (AvgIpc) is 3.28. The topological polar surface area (TPSA) is 46.1 Å². The average molecular weight is 424 g/mol. The van der Waals surface area contributed by atoms with Crippen molar-refractivity contribution in [2.75, 3.05) is 4.90 Å². The third-order valence-electron chi connectivity index (χ3n) is 4.43. The number of carbonyl (C=O) groups excluding carboxylic acids is 1. The van der Waals surface area contributed by atoms with Crippen LogP contribution in [-0.4, -0.2) is 15.9 Å². The van der Waals surface area contributed by atoms with E-state index in [1.807, 2.05) is 17.5 Å². The summed E-state index contributed by atoms with van der Waals surface area (Å²) in [5.41, 5.74) is 4.30. The number of nitrogens with zero attached hydrogens (tertiary/aromatic N) is 3. The number of carbonyl (C=O) groups is 1. The molecule has 0 saturated carbocycles. The Morgan fingerprint density at radius 1 is 1.00 bits per heavy atom. The molecule has 0 radical (unpaired) electrons. The molecule has 4 rings (SSSR count). The first-order valence-electron chi connectivity index (χ1n) is 8.76. The van der Waals surface area contributed by atoms with E-state index in [9.17, 15) is 9.18 Å². The van der Waals surface area contributed by atoms with Crippen LogP contribution in [0.15, 0.2) is 83.9 Å². The van der Waals surface area contributed by atoms with Crippen LogP contribution in [0.5, 0.6) is 0 Å². The van der Waals surface area contributed by atoms with Crippen LogP contribution < -0.4 is 4.90 Å². The maximum Gasteiger partial charge on any atom is 0.259 e. The second-order valence-corrected chi connectivity index (χ2v) is 7.41. The lowest BCUT2D eigenvalue weighted by molar-refractivity contribution is 0.0979. The highest BCUT2D eigenvalue weighted by molar-refractivity contribution is 7.07. The number of amides is 1. The van der Waals surface area contributed by atoms with Crippen LogP contribution in [0.2, 0.25) is 5.02 Å². The zero-order valence-corrected chi connectivity index (χ0v) is 16.6. The van der Waals surface area contributed by atoms with Crippen molar-refractivity contribution < 1.29 is 9.18 Å². The standard InChI is InChI=1S/C22H15ClFN3OS/c23-17-3-1-16(2-4-17)22(28)27(19-7-5-18(24)6-8-19)21(20-13-29-14-26-20)15-9-11-25-12-10-15/h1-14,21H. The van der Waals surface area contributed by atoms with Gasteiger partial charge in [0.15, 0.2) is 0 Å². The molecule has 0 aliphatic rings. The summed E-state index contributed by atoms with van der Waals surface area (Å²) in [6, 6.07) is 15.7. The summed E-state index contributed by atoms with van der Waals surface area (Å²) < 4.78 is 13.6. The normalized spacial score (nSPS) is 11.8. The summed E-state index contributed by atoms with van der Waals surface area (Å²) >= 11 is 7.43. The molecule has 2 aromatic heterocycles. The Morgan fingerprint density at radius 2 is 1.69 bits per heavy atom. The van der Waals surface area contributed by atoms with Crippen molar-refractivity contribution in [1.29, 1.82) is 0 Å². The maximum absolute atomic E-state index is 13.6. The molecule has 2 heterocycles. The van der Waals surface area contributed by atoms with Crippen molar-refractivity contribution >= 4 is 34.5 Å². The van der Waals surface area contributed by atoms with Crippen molar-refractivity contribution in [3.8, 4) is 0 Å². The molecule has 0 fully saturated rings. The molecular weight excluding hydrogens is 409 g/mol. The second-order valence-electron chi connectivity index (χ2n) is 6.25. The molecule has 0 saturated heterocycles. The van der Waals surface area contributed by atoms with Crippen molar-refractivity contribution in [1.82, 2.24) is 9.97 Å². The number of benzene rings is 2. The predicted molar refractivity (Wildman–Crippen MR) is 113 cm³/mol. The lowest BCUT2D eigenvalue weighted by Crippen LogP contribution is -2.36. The minimum Gasteiger partial charge on any atom is -0.295 e. The number of halogens is 2. The van der Waals surface area contributed by atoms with Gasteiger partial charge in [0.25, 0.3) is 5.91 Å². The fourth-order valence-corrected chi connectivity index (χ4v) is 3.77. The SMILES string of the molecule is O=C(c1ccc(Cl)cc1)N(c1ccc(F)cc1)C(c1ccncc1)c1cscn1. The van der Waals surface area contributed by atoms with E-state index < -0.39 is 6.04 Å². The third-order valence-corrected chi connectivity index (χ3v) is 5.28. The largest absolute Gasteiger partial charge is 0.295 e. The van der Waals surface area contributed by atoms with Crippen molar-refractivity contribution in [3.63, 3.8) is 0 Å². The molecule has 0 spiro atoms. The molecule has 1 atom stereocenters. The highest BCUT2D eigenvalue weighted by Crippen LogP contribution is 2.34. The Kier molecular flexibility index (Phi) is 5.64. The van der Waals surface area contributed by atoms with Gasteiger partial charge in [-0.2, -0.15) is 0 Å². The Labute approximate surface area is 176 Å². The van der Waals surface area contributed by atoms with Crippen LogP contribution in [0.25, 0.3) is 0 Å². The molecule has 0 N–H and O–H groups in total. The fraction of sp³-hybridized carbons (Fsp3) is 0.0455. The molecule has 29 heavy (non-hydrogen) atoms. The number of hydrogen-bond donors (Lipinski definition) is 0. The van der Waals surface area contributed by atoms with E-state index in [2.05, 4.69) is 9.97 Å². The van der Waals surface area contributed by atoms with E-state index in [-0.39, 0.29) is 11.7 Å². The summed E-state index contributed by atoms with van der Waals surface area (Å²) in [5, 5.41) is 2.44. The third kappa shape index (κ3) is 4.18. The summed E-state index contributed by atoms with van der Waals surface area (Å²) in [6.07, 6.45) is 3.34. The Morgan fingerprint density at radius 3 is 2.31 bits per heavy atom. The number of anilines is 1. The van der Waals surface area contributed by atoms with Crippen LogP contribution in [0.4, 0.5) is 10.1 Å². The van der Waals surface area contributed by atoms with Crippen molar-refractivity contribution in [2.24, 2.45) is 0 Å². The van der Waals surface area contributed by atoms with Crippen LogP contribution in [0.3, 0.4) is 0 Å². The maximum atomic E-state index is 13.6. The molecule has 4 aromatic rings. The zero-order valence-electron chi connectivity index (χ0n) is 15.1. The summed E-state index contributed by atoms with van der Waals surface area (Å²) in [7, 11) is 0. The van der Waals surface area contributed by atoms with E-state index in [1.54, 1.807) is 59.2 Å². The molecule has 1 amide bonds.